The molecule has 7 heteroatoms. The van der Waals surface area contributed by atoms with Crippen molar-refractivity contribution in [3.63, 3.8) is 0 Å². The maximum Gasteiger partial charge on any atom is 0.227 e. The van der Waals surface area contributed by atoms with Crippen molar-refractivity contribution in [2.75, 3.05) is 19.6 Å². The lowest BCUT2D eigenvalue weighted by atomic mass is 10.1. The number of likely N-dealkylation sites (tertiary alicyclic amines) is 1. The molecule has 1 N–H and O–H groups in total. The molecule has 2 heterocycles. The van der Waals surface area contributed by atoms with Gasteiger partial charge in [-0.2, -0.15) is 4.98 Å². The summed E-state index contributed by atoms with van der Waals surface area (Å²) in [6, 6.07) is 5.18. The van der Waals surface area contributed by atoms with E-state index in [1.807, 2.05) is 0 Å². The number of hydrogen-bond donors (Lipinski definition) is 1. The summed E-state index contributed by atoms with van der Waals surface area (Å²) in [6.45, 7) is 6.07. The van der Waals surface area contributed by atoms with Crippen LogP contribution in [-0.2, 0) is 11.2 Å². The molecular formula is C18H23FN4O2. The second-order valence-corrected chi connectivity index (χ2v) is 6.57. The molecule has 0 aliphatic carbocycles. The summed E-state index contributed by atoms with van der Waals surface area (Å²) in [7, 11) is 0. The minimum absolute atomic E-state index is 0.0257. The molecule has 1 aliphatic heterocycles. The van der Waals surface area contributed by atoms with E-state index in [4.69, 9.17) is 4.52 Å². The predicted molar refractivity (Wildman–Crippen MR) is 91.4 cm³/mol. The van der Waals surface area contributed by atoms with Gasteiger partial charge in [-0.3, -0.25) is 4.79 Å². The van der Waals surface area contributed by atoms with Crippen molar-refractivity contribution < 1.29 is 13.7 Å². The van der Waals surface area contributed by atoms with Gasteiger partial charge in [-0.1, -0.05) is 17.3 Å². The van der Waals surface area contributed by atoms with E-state index in [2.05, 4.69) is 20.4 Å². The Labute approximate surface area is 146 Å². The van der Waals surface area contributed by atoms with Gasteiger partial charge >= 0.3 is 0 Å². The Morgan fingerprint density at radius 3 is 3.08 bits per heavy atom. The molecule has 0 saturated carbocycles. The van der Waals surface area contributed by atoms with Crippen molar-refractivity contribution >= 4 is 5.91 Å². The molecule has 1 aromatic carbocycles. The van der Waals surface area contributed by atoms with Crippen molar-refractivity contribution in [3.05, 3.63) is 35.5 Å². The lowest BCUT2D eigenvalue weighted by molar-refractivity contribution is -0.119. The second-order valence-electron chi connectivity index (χ2n) is 6.57. The summed E-state index contributed by atoms with van der Waals surface area (Å²) in [6.07, 6.45) is 2.57. The minimum atomic E-state index is -0.272. The number of carbonyl (C=O) groups excluding carboxylic acids is 1. The van der Waals surface area contributed by atoms with Crippen LogP contribution >= 0.6 is 0 Å². The van der Waals surface area contributed by atoms with Crippen LogP contribution in [0.5, 0.6) is 0 Å². The highest BCUT2D eigenvalue weighted by Crippen LogP contribution is 2.19. The van der Waals surface area contributed by atoms with Crippen LogP contribution in [0.2, 0.25) is 0 Å². The fourth-order valence-electron chi connectivity index (χ4n) is 3.10. The Morgan fingerprint density at radius 1 is 1.48 bits per heavy atom. The molecule has 3 rings (SSSR count). The van der Waals surface area contributed by atoms with E-state index in [-0.39, 0.29) is 17.8 Å². The number of nitrogens with zero attached hydrogens (tertiary/aromatic N) is 3. The van der Waals surface area contributed by atoms with E-state index in [1.54, 1.807) is 26.0 Å². The van der Waals surface area contributed by atoms with Crippen molar-refractivity contribution in [1.82, 2.24) is 20.4 Å². The quantitative estimate of drug-likeness (QED) is 0.869. The Kier molecular flexibility index (Phi) is 5.43. The van der Waals surface area contributed by atoms with Gasteiger partial charge in [0.2, 0.25) is 17.6 Å². The van der Waals surface area contributed by atoms with Crippen LogP contribution in [0, 0.1) is 12.7 Å². The first-order chi connectivity index (χ1) is 12.0. The highest BCUT2D eigenvalue weighted by Gasteiger charge is 2.22. The van der Waals surface area contributed by atoms with E-state index in [9.17, 15) is 9.18 Å². The van der Waals surface area contributed by atoms with Crippen LogP contribution in [0.15, 0.2) is 22.7 Å². The summed E-state index contributed by atoms with van der Waals surface area (Å²) in [5, 5.41) is 6.90. The van der Waals surface area contributed by atoms with E-state index in [0.29, 0.717) is 29.3 Å². The lowest BCUT2D eigenvalue weighted by Crippen LogP contribution is -2.35. The number of aryl methyl sites for hydroxylation is 2. The summed E-state index contributed by atoms with van der Waals surface area (Å²) in [5.74, 6) is 0.735. The third-order valence-corrected chi connectivity index (χ3v) is 4.44. The monoisotopic (exact) mass is 346 g/mol. The molecule has 6 nitrogen and oxygen atoms in total. The smallest absolute Gasteiger partial charge is 0.227 e. The van der Waals surface area contributed by atoms with Gasteiger partial charge in [-0.15, -0.1) is 0 Å². The molecule has 1 atom stereocenters. The number of rotatable bonds is 6. The summed E-state index contributed by atoms with van der Waals surface area (Å²) in [4.78, 5) is 17.8. The topological polar surface area (TPSA) is 71.3 Å². The minimum Gasteiger partial charge on any atom is -0.352 e. The van der Waals surface area contributed by atoms with Crippen LogP contribution in [0.4, 0.5) is 4.39 Å². The first-order valence-corrected chi connectivity index (χ1v) is 8.60. The standard InChI is InChI=1S/C18H23FN4O2/c1-12-5-6-14(10-16(12)19)18-21-17(25-22-18)4-3-8-23-9-7-15(11-23)20-13(2)24/h5-6,10,15H,3-4,7-9,11H2,1-2H3,(H,20,24). The molecule has 2 aromatic rings. The zero-order valence-corrected chi connectivity index (χ0v) is 14.6. The molecular weight excluding hydrogens is 323 g/mol. The average molecular weight is 346 g/mol. The van der Waals surface area contributed by atoms with E-state index in [0.717, 1.165) is 32.5 Å². The number of nitrogens with one attached hydrogen (secondary N) is 1. The SMILES string of the molecule is CC(=O)NC1CCN(CCCc2nc(-c3ccc(C)c(F)c3)no2)C1. The predicted octanol–water partition coefficient (Wildman–Crippen LogP) is 2.33. The third-order valence-electron chi connectivity index (χ3n) is 4.44. The Balaban J connectivity index is 1.48. The van der Waals surface area contributed by atoms with Gasteiger partial charge in [0, 0.05) is 38.0 Å². The normalized spacial score (nSPS) is 17.8. The van der Waals surface area contributed by atoms with Gasteiger partial charge in [0.25, 0.3) is 0 Å². The molecule has 0 bridgehead atoms. The molecule has 1 amide bonds. The molecule has 134 valence electrons. The first kappa shape index (κ1) is 17.5. The maximum absolute atomic E-state index is 13.6. The largest absolute Gasteiger partial charge is 0.352 e. The second kappa shape index (κ2) is 7.74. The van der Waals surface area contributed by atoms with Crippen molar-refractivity contribution in [2.45, 2.75) is 39.2 Å². The summed E-state index contributed by atoms with van der Waals surface area (Å²) >= 11 is 0. The number of amides is 1. The summed E-state index contributed by atoms with van der Waals surface area (Å²) < 4.78 is 18.9. The number of aromatic nitrogens is 2. The molecule has 25 heavy (non-hydrogen) atoms. The zero-order valence-electron chi connectivity index (χ0n) is 14.6. The fraction of sp³-hybridized carbons (Fsp3) is 0.500. The summed E-state index contributed by atoms with van der Waals surface area (Å²) in [5.41, 5.74) is 1.21. The molecule has 1 saturated heterocycles. The molecule has 1 unspecified atom stereocenters. The van der Waals surface area contributed by atoms with Crippen LogP contribution in [0.3, 0.4) is 0 Å². The van der Waals surface area contributed by atoms with Gasteiger partial charge in [-0.05, 0) is 37.9 Å². The molecule has 1 aliphatic rings. The van der Waals surface area contributed by atoms with E-state index in [1.165, 1.54) is 6.07 Å². The number of halogens is 1. The Bertz CT molecular complexity index is 746. The van der Waals surface area contributed by atoms with Gasteiger partial charge in [0.1, 0.15) is 5.82 Å². The highest BCUT2D eigenvalue weighted by molar-refractivity contribution is 5.73. The van der Waals surface area contributed by atoms with Crippen LogP contribution in [0.25, 0.3) is 11.4 Å². The molecule has 1 aromatic heterocycles. The lowest BCUT2D eigenvalue weighted by Gasteiger charge is -2.15. The van der Waals surface area contributed by atoms with Crippen molar-refractivity contribution in [1.29, 1.82) is 0 Å². The van der Waals surface area contributed by atoms with E-state index >= 15 is 0 Å². The number of benzene rings is 1. The first-order valence-electron chi connectivity index (χ1n) is 8.60. The number of carbonyl (C=O) groups is 1. The third kappa shape index (κ3) is 4.63. The Hall–Kier alpha value is -2.28. The molecule has 1 fully saturated rings. The van der Waals surface area contributed by atoms with Gasteiger partial charge < -0.3 is 14.7 Å². The van der Waals surface area contributed by atoms with Gasteiger partial charge in [-0.25, -0.2) is 4.39 Å². The Morgan fingerprint density at radius 2 is 2.32 bits per heavy atom. The van der Waals surface area contributed by atoms with Crippen LogP contribution in [0.1, 0.15) is 31.2 Å². The number of hydrogen-bond acceptors (Lipinski definition) is 5. The van der Waals surface area contributed by atoms with Crippen LogP contribution in [-0.4, -0.2) is 46.6 Å². The van der Waals surface area contributed by atoms with Gasteiger partial charge in [0.15, 0.2) is 0 Å². The van der Waals surface area contributed by atoms with E-state index < -0.39 is 0 Å². The van der Waals surface area contributed by atoms with Gasteiger partial charge in [0.05, 0.1) is 0 Å². The van der Waals surface area contributed by atoms with Crippen molar-refractivity contribution in [3.8, 4) is 11.4 Å². The highest BCUT2D eigenvalue weighted by atomic mass is 19.1. The average Bonchev–Trinajstić information content (AvgIpc) is 3.19. The zero-order chi connectivity index (χ0) is 17.8. The maximum atomic E-state index is 13.6. The molecule has 0 spiro atoms. The van der Waals surface area contributed by atoms with Crippen LogP contribution < -0.4 is 5.32 Å². The fourth-order valence-corrected chi connectivity index (χ4v) is 3.10. The molecule has 0 radical (unpaired) electrons. The van der Waals surface area contributed by atoms with Crippen molar-refractivity contribution in [2.24, 2.45) is 0 Å².